The minimum absolute atomic E-state index is 0. The first-order valence-electron chi connectivity index (χ1n) is 9.53. The number of hydrogen-bond acceptors (Lipinski definition) is 4. The van der Waals surface area contributed by atoms with E-state index in [0.717, 1.165) is 18.5 Å². The number of benzene rings is 1. The van der Waals surface area contributed by atoms with Crippen molar-refractivity contribution in [3.05, 3.63) is 24.3 Å². The SMILES string of the molecule is COc1ccccc1N1CC(C(=O)N(C)C2CC3CCC(C2)N3)CC1=O.Cl. The van der Waals surface area contributed by atoms with E-state index in [9.17, 15) is 9.59 Å². The highest BCUT2D eigenvalue weighted by Gasteiger charge is 2.41. The summed E-state index contributed by atoms with van der Waals surface area (Å²) in [4.78, 5) is 29.2. The van der Waals surface area contributed by atoms with Crippen molar-refractivity contribution in [3.8, 4) is 5.75 Å². The molecular formula is C20H28ClN3O3. The van der Waals surface area contributed by atoms with Gasteiger partial charge in [-0.15, -0.1) is 12.4 Å². The summed E-state index contributed by atoms with van der Waals surface area (Å²) in [5.74, 6) is 0.482. The van der Waals surface area contributed by atoms with Crippen LogP contribution in [-0.2, 0) is 9.59 Å². The quantitative estimate of drug-likeness (QED) is 0.852. The summed E-state index contributed by atoms with van der Waals surface area (Å²) < 4.78 is 5.38. The van der Waals surface area contributed by atoms with Crippen LogP contribution in [0.25, 0.3) is 0 Å². The van der Waals surface area contributed by atoms with Crippen LogP contribution in [0.3, 0.4) is 0 Å². The molecule has 0 aliphatic carbocycles. The lowest BCUT2D eigenvalue weighted by Crippen LogP contribution is -2.50. The maximum Gasteiger partial charge on any atom is 0.228 e. The van der Waals surface area contributed by atoms with Crippen LogP contribution in [0.1, 0.15) is 32.1 Å². The molecular weight excluding hydrogens is 366 g/mol. The lowest BCUT2D eigenvalue weighted by Gasteiger charge is -2.36. The summed E-state index contributed by atoms with van der Waals surface area (Å²) in [6, 6.07) is 8.86. The fourth-order valence-electron chi connectivity index (χ4n) is 4.77. The van der Waals surface area contributed by atoms with Crippen LogP contribution in [0, 0.1) is 5.92 Å². The van der Waals surface area contributed by atoms with Crippen LogP contribution in [0.4, 0.5) is 5.69 Å². The van der Waals surface area contributed by atoms with Crippen LogP contribution >= 0.6 is 12.4 Å². The van der Waals surface area contributed by atoms with Crippen molar-refractivity contribution in [1.82, 2.24) is 10.2 Å². The van der Waals surface area contributed by atoms with E-state index in [-0.39, 0.29) is 42.6 Å². The number of nitrogens with zero attached hydrogens (tertiary/aromatic N) is 2. The Morgan fingerprint density at radius 2 is 1.89 bits per heavy atom. The lowest BCUT2D eigenvalue weighted by molar-refractivity contribution is -0.137. The van der Waals surface area contributed by atoms with Crippen molar-refractivity contribution in [2.45, 2.75) is 50.2 Å². The molecule has 2 bridgehead atoms. The highest BCUT2D eigenvalue weighted by molar-refractivity contribution is 6.01. The molecule has 6 nitrogen and oxygen atoms in total. The second kappa shape index (κ2) is 8.07. The Morgan fingerprint density at radius 1 is 1.22 bits per heavy atom. The van der Waals surface area contributed by atoms with Crippen LogP contribution in [0.15, 0.2) is 24.3 Å². The molecule has 0 spiro atoms. The minimum Gasteiger partial charge on any atom is -0.495 e. The van der Waals surface area contributed by atoms with Gasteiger partial charge in [0.2, 0.25) is 11.8 Å². The molecule has 3 saturated heterocycles. The van der Waals surface area contributed by atoms with Gasteiger partial charge in [-0.3, -0.25) is 9.59 Å². The predicted octanol–water partition coefficient (Wildman–Crippen LogP) is 2.21. The summed E-state index contributed by atoms with van der Waals surface area (Å²) in [5.41, 5.74) is 0.748. The van der Waals surface area contributed by atoms with Crippen molar-refractivity contribution >= 4 is 29.9 Å². The third-order valence-corrected chi connectivity index (χ3v) is 6.19. The van der Waals surface area contributed by atoms with E-state index in [1.54, 1.807) is 12.0 Å². The number of hydrogen-bond donors (Lipinski definition) is 1. The smallest absolute Gasteiger partial charge is 0.228 e. The number of carbonyl (C=O) groups is 2. The van der Waals surface area contributed by atoms with E-state index in [1.165, 1.54) is 12.8 Å². The number of fused-ring (bicyclic) bond motifs is 2. The molecule has 3 heterocycles. The minimum atomic E-state index is -0.273. The van der Waals surface area contributed by atoms with Crippen molar-refractivity contribution < 1.29 is 14.3 Å². The van der Waals surface area contributed by atoms with Gasteiger partial charge < -0.3 is 19.9 Å². The number of rotatable bonds is 4. The average molecular weight is 394 g/mol. The Morgan fingerprint density at radius 3 is 2.56 bits per heavy atom. The summed E-state index contributed by atoms with van der Waals surface area (Å²) in [6.45, 7) is 0.431. The van der Waals surface area contributed by atoms with Gasteiger partial charge in [0.25, 0.3) is 0 Å². The normalized spacial score (nSPS) is 29.4. The Hall–Kier alpha value is -1.79. The molecule has 3 atom stereocenters. The van der Waals surface area contributed by atoms with E-state index in [1.807, 2.05) is 36.2 Å². The van der Waals surface area contributed by atoms with Crippen molar-refractivity contribution in [2.24, 2.45) is 5.92 Å². The largest absolute Gasteiger partial charge is 0.495 e. The molecule has 3 unspecified atom stereocenters. The van der Waals surface area contributed by atoms with Crippen LogP contribution in [-0.4, -0.2) is 55.5 Å². The van der Waals surface area contributed by atoms with Gasteiger partial charge in [0.05, 0.1) is 18.7 Å². The van der Waals surface area contributed by atoms with E-state index >= 15 is 0 Å². The van der Waals surface area contributed by atoms with E-state index in [0.29, 0.717) is 24.4 Å². The number of halogens is 1. The zero-order chi connectivity index (χ0) is 18.3. The molecule has 0 aromatic heterocycles. The molecule has 27 heavy (non-hydrogen) atoms. The molecule has 2 amide bonds. The highest BCUT2D eigenvalue weighted by atomic mass is 35.5. The predicted molar refractivity (Wildman–Crippen MR) is 106 cm³/mol. The second-order valence-electron chi connectivity index (χ2n) is 7.79. The zero-order valence-corrected chi connectivity index (χ0v) is 16.7. The van der Waals surface area contributed by atoms with Gasteiger partial charge in [0.1, 0.15) is 5.75 Å². The average Bonchev–Trinajstić information content (AvgIpc) is 3.21. The number of carbonyl (C=O) groups excluding carboxylic acids is 2. The third-order valence-electron chi connectivity index (χ3n) is 6.19. The van der Waals surface area contributed by atoms with Gasteiger partial charge >= 0.3 is 0 Å². The molecule has 148 valence electrons. The van der Waals surface area contributed by atoms with E-state index in [4.69, 9.17) is 4.74 Å². The maximum absolute atomic E-state index is 13.1. The van der Waals surface area contributed by atoms with E-state index < -0.39 is 0 Å². The molecule has 1 N–H and O–H groups in total. The molecule has 1 aromatic carbocycles. The number of methoxy groups -OCH3 is 1. The maximum atomic E-state index is 13.1. The fourth-order valence-corrected chi connectivity index (χ4v) is 4.77. The Balaban J connectivity index is 0.00000210. The van der Waals surface area contributed by atoms with Gasteiger partial charge in [-0.2, -0.15) is 0 Å². The zero-order valence-electron chi connectivity index (χ0n) is 15.9. The highest BCUT2D eigenvalue weighted by Crippen LogP contribution is 2.34. The Kier molecular flexibility index (Phi) is 5.96. The Bertz CT molecular complexity index is 701. The third kappa shape index (κ3) is 3.78. The molecule has 3 aliphatic rings. The monoisotopic (exact) mass is 393 g/mol. The molecule has 3 fully saturated rings. The summed E-state index contributed by atoms with van der Waals surface area (Å²) >= 11 is 0. The Labute approximate surface area is 166 Å². The number of anilines is 1. The fraction of sp³-hybridized carbons (Fsp3) is 0.600. The van der Waals surface area contributed by atoms with E-state index in [2.05, 4.69) is 5.32 Å². The summed E-state index contributed by atoms with van der Waals surface area (Å²) in [7, 11) is 3.51. The van der Waals surface area contributed by atoms with Gasteiger partial charge in [0, 0.05) is 38.1 Å². The second-order valence-corrected chi connectivity index (χ2v) is 7.79. The number of para-hydroxylation sites is 2. The van der Waals surface area contributed by atoms with Crippen LogP contribution < -0.4 is 15.0 Å². The summed E-state index contributed by atoms with van der Waals surface area (Å²) in [5, 5.41) is 3.62. The molecule has 4 rings (SSSR count). The number of nitrogens with one attached hydrogen (secondary N) is 1. The standard InChI is InChI=1S/C20H27N3O3.ClH/c1-22(16-10-14-7-8-15(11-16)21-14)20(25)13-9-19(24)23(12-13)17-5-3-4-6-18(17)26-2;/h3-6,13-16,21H,7-12H2,1-2H3;1H. The van der Waals surface area contributed by atoms with Gasteiger partial charge in [-0.25, -0.2) is 0 Å². The van der Waals surface area contributed by atoms with Gasteiger partial charge in [-0.05, 0) is 37.8 Å². The number of piperidine rings is 1. The van der Waals surface area contributed by atoms with Crippen LogP contribution in [0.5, 0.6) is 5.75 Å². The summed E-state index contributed by atoms with van der Waals surface area (Å²) in [6.07, 6.45) is 4.75. The number of ether oxygens (including phenoxy) is 1. The van der Waals surface area contributed by atoms with Crippen molar-refractivity contribution in [1.29, 1.82) is 0 Å². The first-order valence-corrected chi connectivity index (χ1v) is 9.53. The van der Waals surface area contributed by atoms with Crippen molar-refractivity contribution in [2.75, 3.05) is 25.6 Å². The molecule has 7 heteroatoms. The molecule has 0 radical (unpaired) electrons. The topological polar surface area (TPSA) is 61.9 Å². The number of amides is 2. The van der Waals surface area contributed by atoms with Crippen LogP contribution in [0.2, 0.25) is 0 Å². The first kappa shape index (κ1) is 20.0. The molecule has 1 aromatic rings. The first-order chi connectivity index (χ1) is 12.6. The van der Waals surface area contributed by atoms with Gasteiger partial charge in [-0.1, -0.05) is 12.1 Å². The molecule has 3 aliphatic heterocycles. The van der Waals surface area contributed by atoms with Crippen molar-refractivity contribution in [3.63, 3.8) is 0 Å². The molecule has 0 saturated carbocycles. The lowest BCUT2D eigenvalue weighted by atomic mass is 9.97. The van der Waals surface area contributed by atoms with Gasteiger partial charge in [0.15, 0.2) is 0 Å².